The van der Waals surface area contributed by atoms with E-state index in [9.17, 15) is 9.90 Å². The van der Waals surface area contributed by atoms with E-state index in [0.29, 0.717) is 11.3 Å². The maximum Gasteiger partial charge on any atom is 0.259 e. The third kappa shape index (κ3) is 4.74. The molecule has 0 aromatic heterocycles. The molecule has 6 nitrogen and oxygen atoms in total. The van der Waals surface area contributed by atoms with Crippen LogP contribution < -0.4 is 15.5 Å². The molecule has 0 radical (unpaired) electrons. The predicted octanol–water partition coefficient (Wildman–Crippen LogP) is 2.27. The monoisotopic (exact) mass is 313 g/mol. The van der Waals surface area contributed by atoms with Crippen molar-refractivity contribution in [1.29, 1.82) is 0 Å². The van der Waals surface area contributed by atoms with Crippen LogP contribution in [0.5, 0.6) is 11.5 Å². The molecular weight excluding hydrogens is 294 g/mol. The first-order chi connectivity index (χ1) is 11.1. The van der Waals surface area contributed by atoms with Gasteiger partial charge in [0.05, 0.1) is 19.9 Å². The van der Waals surface area contributed by atoms with Crippen LogP contribution in [0.4, 0.5) is 5.69 Å². The van der Waals surface area contributed by atoms with E-state index in [2.05, 4.69) is 15.8 Å². The number of carbonyl (C=O) groups is 1. The van der Waals surface area contributed by atoms with Gasteiger partial charge in [-0.15, -0.1) is 0 Å². The molecular formula is C17H19N3O3. The summed E-state index contributed by atoms with van der Waals surface area (Å²) in [6, 6.07) is 12.8. The zero-order valence-electron chi connectivity index (χ0n) is 13.0. The van der Waals surface area contributed by atoms with Crippen molar-refractivity contribution in [2.24, 2.45) is 5.10 Å². The van der Waals surface area contributed by atoms with Gasteiger partial charge in [-0.05, 0) is 31.2 Å². The number of amides is 1. The summed E-state index contributed by atoms with van der Waals surface area (Å²) in [6.07, 6.45) is 1.36. The van der Waals surface area contributed by atoms with E-state index >= 15 is 0 Å². The smallest absolute Gasteiger partial charge is 0.259 e. The Morgan fingerprint density at radius 1 is 1.26 bits per heavy atom. The molecule has 0 saturated heterocycles. The van der Waals surface area contributed by atoms with Gasteiger partial charge in [-0.2, -0.15) is 5.10 Å². The van der Waals surface area contributed by atoms with Gasteiger partial charge in [-0.3, -0.25) is 4.79 Å². The summed E-state index contributed by atoms with van der Waals surface area (Å²) in [6.45, 7) is 2.10. The molecule has 0 aliphatic rings. The van der Waals surface area contributed by atoms with Crippen molar-refractivity contribution in [2.45, 2.75) is 6.92 Å². The van der Waals surface area contributed by atoms with Crippen LogP contribution in [0.15, 0.2) is 47.6 Å². The molecule has 120 valence electrons. The number of anilines is 1. The van der Waals surface area contributed by atoms with Crippen molar-refractivity contribution in [3.8, 4) is 11.5 Å². The number of hydrazone groups is 1. The molecule has 0 spiro atoms. The minimum atomic E-state index is -0.288. The number of phenolic OH excluding ortho intramolecular Hbond substituents is 1. The molecule has 0 atom stereocenters. The molecule has 0 heterocycles. The molecule has 2 aromatic carbocycles. The van der Waals surface area contributed by atoms with Crippen LogP contribution in [-0.2, 0) is 4.79 Å². The number of rotatable bonds is 6. The number of benzene rings is 2. The molecule has 0 fully saturated rings. The van der Waals surface area contributed by atoms with Gasteiger partial charge in [0.2, 0.25) is 0 Å². The average Bonchev–Trinajstić information content (AvgIpc) is 2.56. The molecule has 23 heavy (non-hydrogen) atoms. The highest BCUT2D eigenvalue weighted by Crippen LogP contribution is 2.27. The number of hydrogen-bond acceptors (Lipinski definition) is 5. The van der Waals surface area contributed by atoms with E-state index in [0.717, 1.165) is 11.3 Å². The second kappa shape index (κ2) is 7.84. The van der Waals surface area contributed by atoms with Crippen LogP contribution in [0.1, 0.15) is 11.1 Å². The maximum atomic E-state index is 11.7. The van der Waals surface area contributed by atoms with Gasteiger partial charge in [-0.1, -0.05) is 23.8 Å². The van der Waals surface area contributed by atoms with Crippen LogP contribution in [0, 0.1) is 6.92 Å². The number of aromatic hydroxyl groups is 1. The first-order valence-corrected chi connectivity index (χ1v) is 7.08. The Bertz CT molecular complexity index is 697. The van der Waals surface area contributed by atoms with Gasteiger partial charge >= 0.3 is 0 Å². The van der Waals surface area contributed by atoms with Crippen LogP contribution in [0.3, 0.4) is 0 Å². The highest BCUT2D eigenvalue weighted by molar-refractivity contribution is 5.87. The lowest BCUT2D eigenvalue weighted by atomic mass is 10.2. The Hall–Kier alpha value is -3.02. The fourth-order valence-corrected chi connectivity index (χ4v) is 1.88. The number of aryl methyl sites for hydroxylation is 1. The number of para-hydroxylation sites is 1. The lowest BCUT2D eigenvalue weighted by Gasteiger charge is -2.06. The fraction of sp³-hybridized carbons (Fsp3) is 0.176. The standard InChI is InChI=1S/C17H19N3O3/c1-12-6-8-14(9-7-12)18-11-16(21)20-19-10-13-4-3-5-15(23-2)17(13)22/h3-10,18,22H,11H2,1-2H3,(H,20,21). The number of hydrogen-bond donors (Lipinski definition) is 3. The van der Waals surface area contributed by atoms with Gasteiger partial charge in [0.15, 0.2) is 11.5 Å². The summed E-state index contributed by atoms with van der Waals surface area (Å²) in [7, 11) is 1.47. The molecule has 0 bridgehead atoms. The Kier molecular flexibility index (Phi) is 5.57. The van der Waals surface area contributed by atoms with E-state index in [4.69, 9.17) is 4.74 Å². The molecule has 3 N–H and O–H groups in total. The third-order valence-electron chi connectivity index (χ3n) is 3.15. The van der Waals surface area contributed by atoms with Crippen LogP contribution >= 0.6 is 0 Å². The van der Waals surface area contributed by atoms with E-state index in [1.807, 2.05) is 31.2 Å². The molecule has 2 aromatic rings. The second-order valence-electron chi connectivity index (χ2n) is 4.91. The van der Waals surface area contributed by atoms with Crippen LogP contribution in [0.25, 0.3) is 0 Å². The minimum Gasteiger partial charge on any atom is -0.504 e. The summed E-state index contributed by atoms with van der Waals surface area (Å²) in [4.78, 5) is 11.7. The molecule has 6 heteroatoms. The lowest BCUT2D eigenvalue weighted by molar-refractivity contribution is -0.119. The van der Waals surface area contributed by atoms with E-state index < -0.39 is 0 Å². The summed E-state index contributed by atoms with van der Waals surface area (Å²) in [5, 5.41) is 16.7. The van der Waals surface area contributed by atoms with E-state index in [-0.39, 0.29) is 18.2 Å². The van der Waals surface area contributed by atoms with Gasteiger partial charge < -0.3 is 15.2 Å². The lowest BCUT2D eigenvalue weighted by Crippen LogP contribution is -2.25. The number of phenols is 1. The maximum absolute atomic E-state index is 11.7. The molecule has 0 aliphatic carbocycles. The number of methoxy groups -OCH3 is 1. The largest absolute Gasteiger partial charge is 0.504 e. The van der Waals surface area contributed by atoms with Crippen LogP contribution in [0.2, 0.25) is 0 Å². The summed E-state index contributed by atoms with van der Waals surface area (Å²) in [5.41, 5.74) is 4.86. The Balaban J connectivity index is 1.85. The van der Waals surface area contributed by atoms with Gasteiger partial charge in [-0.25, -0.2) is 5.43 Å². The number of nitrogens with one attached hydrogen (secondary N) is 2. The molecule has 0 saturated carbocycles. The van der Waals surface area contributed by atoms with Gasteiger partial charge in [0.1, 0.15) is 0 Å². The second-order valence-corrected chi connectivity index (χ2v) is 4.91. The van der Waals surface area contributed by atoms with Gasteiger partial charge in [0, 0.05) is 11.3 Å². The Morgan fingerprint density at radius 2 is 2.00 bits per heavy atom. The average molecular weight is 313 g/mol. The van der Waals surface area contributed by atoms with Crippen molar-refractivity contribution < 1.29 is 14.6 Å². The molecule has 1 amide bonds. The van der Waals surface area contributed by atoms with Crippen molar-refractivity contribution in [1.82, 2.24) is 5.43 Å². The summed E-state index contributed by atoms with van der Waals surface area (Å²) >= 11 is 0. The summed E-state index contributed by atoms with van der Waals surface area (Å²) in [5.74, 6) is 0.0382. The first kappa shape index (κ1) is 16.4. The van der Waals surface area contributed by atoms with Crippen molar-refractivity contribution in [3.63, 3.8) is 0 Å². The summed E-state index contributed by atoms with van der Waals surface area (Å²) < 4.78 is 5.00. The van der Waals surface area contributed by atoms with E-state index in [1.165, 1.54) is 13.3 Å². The predicted molar refractivity (Wildman–Crippen MR) is 90.1 cm³/mol. The van der Waals surface area contributed by atoms with Crippen LogP contribution in [-0.4, -0.2) is 30.9 Å². The Morgan fingerprint density at radius 3 is 2.70 bits per heavy atom. The van der Waals surface area contributed by atoms with Crippen molar-refractivity contribution in [2.75, 3.05) is 19.0 Å². The topological polar surface area (TPSA) is 83.0 Å². The quantitative estimate of drug-likeness (QED) is 0.564. The zero-order valence-corrected chi connectivity index (χ0v) is 13.0. The fourth-order valence-electron chi connectivity index (χ4n) is 1.88. The third-order valence-corrected chi connectivity index (χ3v) is 3.15. The number of nitrogens with zero attached hydrogens (tertiary/aromatic N) is 1. The highest BCUT2D eigenvalue weighted by Gasteiger charge is 2.05. The normalized spacial score (nSPS) is 10.5. The number of ether oxygens (including phenoxy) is 1. The SMILES string of the molecule is COc1cccc(C=NNC(=O)CNc2ccc(C)cc2)c1O. The molecule has 0 unspecified atom stereocenters. The van der Waals surface area contributed by atoms with Gasteiger partial charge in [0.25, 0.3) is 5.91 Å². The molecule has 0 aliphatic heterocycles. The van der Waals surface area contributed by atoms with Crippen molar-refractivity contribution >= 4 is 17.8 Å². The number of carbonyl (C=O) groups excluding carboxylic acids is 1. The molecule has 2 rings (SSSR count). The first-order valence-electron chi connectivity index (χ1n) is 7.08. The highest BCUT2D eigenvalue weighted by atomic mass is 16.5. The Labute approximate surface area is 134 Å². The van der Waals surface area contributed by atoms with Crippen molar-refractivity contribution in [3.05, 3.63) is 53.6 Å². The zero-order chi connectivity index (χ0) is 16.7. The van der Waals surface area contributed by atoms with E-state index in [1.54, 1.807) is 18.2 Å². The minimum absolute atomic E-state index is 0.0224.